The Morgan fingerprint density at radius 1 is 1.00 bits per heavy atom. The van der Waals surface area contributed by atoms with Gasteiger partial charge in [0.05, 0.1) is 5.56 Å². The van der Waals surface area contributed by atoms with Crippen molar-refractivity contribution in [2.24, 2.45) is 11.3 Å². The highest BCUT2D eigenvalue weighted by Crippen LogP contribution is 2.40. The highest BCUT2D eigenvalue weighted by Gasteiger charge is 2.34. The molecule has 1 aliphatic rings. The largest absolute Gasteiger partial charge is 0.507 e. The molecule has 0 spiro atoms. The number of carboxylic acids is 1. The highest BCUT2D eigenvalue weighted by molar-refractivity contribution is 5.92. The monoisotopic (exact) mass is 384 g/mol. The van der Waals surface area contributed by atoms with E-state index in [9.17, 15) is 14.7 Å². The van der Waals surface area contributed by atoms with E-state index in [0.717, 1.165) is 19.3 Å². The second-order valence-electron chi connectivity index (χ2n) is 8.13. The van der Waals surface area contributed by atoms with Gasteiger partial charge in [0.25, 0.3) is 0 Å². The minimum absolute atomic E-state index is 0.0179. The molecule has 1 saturated carbocycles. The average Bonchev–Trinajstić information content (AvgIpc) is 2.61. The molecule has 0 aromatic heterocycles. The van der Waals surface area contributed by atoms with Gasteiger partial charge in [0.1, 0.15) is 17.4 Å². The average molecular weight is 384 g/mol. The molecule has 0 radical (unpaired) electrons. The molecule has 0 aliphatic heterocycles. The number of hydrogen-bond donors (Lipinski definition) is 2. The number of phenolic OH excluding ortho intramolecular Hbond substituents is 1. The first-order chi connectivity index (χ1) is 13.2. The topological polar surface area (TPSA) is 83.8 Å². The molecule has 2 aromatic carbocycles. The fourth-order valence-corrected chi connectivity index (χ4v) is 3.79. The number of carbonyl (C=O) groups excluding carboxylic acids is 1. The molecule has 5 heteroatoms. The van der Waals surface area contributed by atoms with Gasteiger partial charge >= 0.3 is 11.9 Å². The van der Waals surface area contributed by atoms with Crippen molar-refractivity contribution in [3.05, 3.63) is 65.7 Å². The Morgan fingerprint density at radius 2 is 1.61 bits per heavy atom. The number of hydrogen-bond acceptors (Lipinski definition) is 4. The molecular weight excluding hydrogens is 356 g/mol. The third-order valence-electron chi connectivity index (χ3n) is 4.76. The lowest BCUT2D eigenvalue weighted by molar-refractivity contribution is -0.00736. The zero-order valence-corrected chi connectivity index (χ0v) is 16.6. The van der Waals surface area contributed by atoms with Crippen molar-refractivity contribution < 1.29 is 24.5 Å². The van der Waals surface area contributed by atoms with E-state index in [-0.39, 0.29) is 22.8 Å². The molecule has 2 unspecified atom stereocenters. The van der Waals surface area contributed by atoms with E-state index in [1.807, 2.05) is 0 Å². The van der Waals surface area contributed by atoms with Crippen LogP contribution < -0.4 is 0 Å². The van der Waals surface area contributed by atoms with Gasteiger partial charge < -0.3 is 14.9 Å². The Hall–Kier alpha value is -2.82. The number of aromatic hydroxyl groups is 1. The van der Waals surface area contributed by atoms with Crippen molar-refractivity contribution in [1.29, 1.82) is 0 Å². The normalized spacial score (nSPS) is 20.4. The van der Waals surface area contributed by atoms with Crippen LogP contribution in [0.5, 0.6) is 5.75 Å². The van der Waals surface area contributed by atoms with Crippen LogP contribution in [0.25, 0.3) is 0 Å². The van der Waals surface area contributed by atoms with Crippen LogP contribution >= 0.6 is 0 Å². The summed E-state index contributed by atoms with van der Waals surface area (Å²) in [5, 5.41) is 18.0. The number of carboxylic acid groups (broad SMARTS) is 1. The van der Waals surface area contributed by atoms with Gasteiger partial charge in [-0.1, -0.05) is 51.1 Å². The summed E-state index contributed by atoms with van der Waals surface area (Å²) in [6.45, 7) is 6.62. The second-order valence-corrected chi connectivity index (χ2v) is 8.13. The van der Waals surface area contributed by atoms with Gasteiger partial charge in [-0.15, -0.1) is 0 Å². The first-order valence-corrected chi connectivity index (χ1v) is 9.45. The van der Waals surface area contributed by atoms with Crippen LogP contribution in [-0.2, 0) is 4.74 Å². The van der Waals surface area contributed by atoms with Crippen molar-refractivity contribution in [2.45, 2.75) is 46.1 Å². The van der Waals surface area contributed by atoms with E-state index in [0.29, 0.717) is 11.5 Å². The van der Waals surface area contributed by atoms with Gasteiger partial charge in [-0.3, -0.25) is 0 Å². The first-order valence-electron chi connectivity index (χ1n) is 9.45. The summed E-state index contributed by atoms with van der Waals surface area (Å²) < 4.78 is 5.57. The number of rotatable bonds is 3. The van der Waals surface area contributed by atoms with E-state index in [1.54, 1.807) is 48.5 Å². The van der Waals surface area contributed by atoms with Crippen LogP contribution in [0.3, 0.4) is 0 Å². The number of ether oxygens (including phenoxy) is 1. The molecule has 150 valence electrons. The molecule has 0 amide bonds. The molecule has 3 rings (SSSR count). The zero-order chi connectivity index (χ0) is 20.7. The molecule has 5 nitrogen and oxygen atoms in total. The number of para-hydroxylation sites is 1. The molecule has 0 heterocycles. The summed E-state index contributed by atoms with van der Waals surface area (Å²) >= 11 is 0. The van der Waals surface area contributed by atoms with E-state index in [1.165, 1.54) is 6.07 Å². The Morgan fingerprint density at radius 3 is 2.14 bits per heavy atom. The maximum absolute atomic E-state index is 12.1. The van der Waals surface area contributed by atoms with Crippen molar-refractivity contribution in [1.82, 2.24) is 0 Å². The minimum atomic E-state index is -0.879. The van der Waals surface area contributed by atoms with Crippen molar-refractivity contribution in [3.8, 4) is 5.75 Å². The third kappa shape index (κ3) is 6.41. The van der Waals surface area contributed by atoms with Gasteiger partial charge in [-0.25, -0.2) is 9.59 Å². The lowest BCUT2D eigenvalue weighted by Crippen LogP contribution is -2.34. The summed E-state index contributed by atoms with van der Waals surface area (Å²) in [5.74, 6) is -0.759. The fraction of sp³-hybridized carbons (Fsp3) is 0.391. The summed E-state index contributed by atoms with van der Waals surface area (Å²) in [7, 11) is 0. The Balaban J connectivity index is 0.000000261. The Bertz CT molecular complexity index is 798. The van der Waals surface area contributed by atoms with Crippen LogP contribution in [0.2, 0.25) is 0 Å². The first kappa shape index (κ1) is 21.5. The van der Waals surface area contributed by atoms with Crippen molar-refractivity contribution in [3.63, 3.8) is 0 Å². The predicted molar refractivity (Wildman–Crippen MR) is 108 cm³/mol. The molecule has 2 aromatic rings. The fourth-order valence-electron chi connectivity index (χ4n) is 3.79. The molecule has 1 aliphatic carbocycles. The Labute approximate surface area is 166 Å². The number of aromatic carboxylic acids is 1. The molecule has 2 N–H and O–H groups in total. The summed E-state index contributed by atoms with van der Waals surface area (Å²) in [6.07, 6.45) is 2.91. The highest BCUT2D eigenvalue weighted by atomic mass is 16.5. The van der Waals surface area contributed by atoms with Gasteiger partial charge in [-0.2, -0.15) is 0 Å². The molecule has 0 bridgehead atoms. The molecule has 2 atom stereocenters. The molecule has 1 fully saturated rings. The van der Waals surface area contributed by atoms with E-state index in [4.69, 9.17) is 9.84 Å². The summed E-state index contributed by atoms with van der Waals surface area (Å²) in [4.78, 5) is 22.3. The minimum Gasteiger partial charge on any atom is -0.507 e. The maximum Gasteiger partial charge on any atom is 0.342 e. The Kier molecular flexibility index (Phi) is 7.21. The molecular formula is C23H28O5. The zero-order valence-electron chi connectivity index (χ0n) is 16.6. The molecule has 28 heavy (non-hydrogen) atoms. The van der Waals surface area contributed by atoms with Gasteiger partial charge in [0.15, 0.2) is 0 Å². The van der Waals surface area contributed by atoms with Crippen LogP contribution in [-0.4, -0.2) is 28.3 Å². The number of benzene rings is 2. The van der Waals surface area contributed by atoms with Crippen LogP contribution in [0.4, 0.5) is 0 Å². The number of carbonyl (C=O) groups is 2. The summed E-state index contributed by atoms with van der Waals surface area (Å²) in [5.41, 5.74) is 0.789. The smallest absolute Gasteiger partial charge is 0.342 e. The van der Waals surface area contributed by atoms with Crippen LogP contribution in [0.1, 0.15) is 60.7 Å². The van der Waals surface area contributed by atoms with Gasteiger partial charge in [0.2, 0.25) is 0 Å². The SMILES string of the molecule is CC1CC(OC(=O)c2ccccc2O)CC(C)(C)C1.O=C(O)c1ccccc1. The quantitative estimate of drug-likeness (QED) is 0.715. The van der Waals surface area contributed by atoms with E-state index >= 15 is 0 Å². The molecule has 0 saturated heterocycles. The lowest BCUT2D eigenvalue weighted by atomic mass is 9.71. The predicted octanol–water partition coefficient (Wildman–Crippen LogP) is 5.15. The van der Waals surface area contributed by atoms with Crippen LogP contribution in [0.15, 0.2) is 54.6 Å². The standard InChI is InChI=1S/C16H22O3.C7H6O2/c1-11-8-12(10-16(2,3)9-11)19-15(18)13-6-4-5-7-14(13)17;8-7(9)6-4-2-1-3-5-6/h4-7,11-12,17H,8-10H2,1-3H3;1-5H,(H,8,9). The number of phenols is 1. The van der Waals surface area contributed by atoms with E-state index < -0.39 is 11.9 Å². The summed E-state index contributed by atoms with van der Waals surface area (Å²) in [6, 6.07) is 14.8. The number of esters is 1. The van der Waals surface area contributed by atoms with Gasteiger partial charge in [0, 0.05) is 0 Å². The van der Waals surface area contributed by atoms with Crippen molar-refractivity contribution in [2.75, 3.05) is 0 Å². The van der Waals surface area contributed by atoms with Crippen molar-refractivity contribution >= 4 is 11.9 Å². The van der Waals surface area contributed by atoms with E-state index in [2.05, 4.69) is 20.8 Å². The second kappa shape index (κ2) is 9.40. The lowest BCUT2D eigenvalue weighted by Gasteiger charge is -2.38. The van der Waals surface area contributed by atoms with Crippen LogP contribution in [0, 0.1) is 11.3 Å². The maximum atomic E-state index is 12.1. The third-order valence-corrected chi connectivity index (χ3v) is 4.76. The van der Waals surface area contributed by atoms with Gasteiger partial charge in [-0.05, 0) is 54.9 Å².